The Kier molecular flexibility index (Phi) is 9.00. The summed E-state index contributed by atoms with van der Waals surface area (Å²) < 4.78 is 5.63. The summed E-state index contributed by atoms with van der Waals surface area (Å²) in [5.41, 5.74) is 0.104. The van der Waals surface area contributed by atoms with E-state index in [4.69, 9.17) is 9.94 Å². The average molecular weight is 435 g/mol. The summed E-state index contributed by atoms with van der Waals surface area (Å²) >= 11 is 0. The number of esters is 1. The van der Waals surface area contributed by atoms with Gasteiger partial charge in [-0.1, -0.05) is 44.2 Å². The third kappa shape index (κ3) is 7.04. The van der Waals surface area contributed by atoms with E-state index in [1.54, 1.807) is 0 Å². The van der Waals surface area contributed by atoms with Crippen molar-refractivity contribution >= 4 is 17.8 Å². The zero-order valence-electron chi connectivity index (χ0n) is 18.5. The molecule has 0 spiro atoms. The van der Waals surface area contributed by atoms with Gasteiger partial charge >= 0.3 is 5.97 Å². The zero-order chi connectivity index (χ0) is 23.0. The van der Waals surface area contributed by atoms with Gasteiger partial charge in [-0.15, -0.1) is 0 Å². The van der Waals surface area contributed by atoms with Gasteiger partial charge in [0, 0.05) is 6.42 Å². The molecule has 0 aliphatic heterocycles. The molecule has 0 heterocycles. The summed E-state index contributed by atoms with van der Waals surface area (Å²) in [6.45, 7) is 4.88. The average Bonchev–Trinajstić information content (AvgIpc) is 3.24. The lowest BCUT2D eigenvalue weighted by Crippen LogP contribution is -2.56. The number of hydroxylamine groups is 1. The maximum absolute atomic E-state index is 13.1. The lowest BCUT2D eigenvalue weighted by Gasteiger charge is -2.32. The molecule has 0 saturated heterocycles. The molecule has 8 nitrogen and oxygen atoms in total. The molecule has 3 atom stereocenters. The Labute approximate surface area is 183 Å². The lowest BCUT2D eigenvalue weighted by molar-refractivity contribution is -0.160. The molecule has 8 heteroatoms. The second kappa shape index (κ2) is 11.2. The molecule has 172 valence electrons. The summed E-state index contributed by atoms with van der Waals surface area (Å²) in [4.78, 5) is 38.1. The monoisotopic (exact) mass is 434 g/mol. The van der Waals surface area contributed by atoms with Crippen molar-refractivity contribution in [1.29, 1.82) is 0 Å². The van der Waals surface area contributed by atoms with Gasteiger partial charge in [0.25, 0.3) is 5.91 Å². The number of aliphatic hydroxyl groups is 1. The quantitative estimate of drug-likeness (QED) is 0.254. The molecular weight excluding hydrogens is 400 g/mol. The van der Waals surface area contributed by atoms with Crippen LogP contribution < -0.4 is 10.8 Å². The number of hydrogen-bond acceptors (Lipinski definition) is 6. The van der Waals surface area contributed by atoms with Crippen LogP contribution in [0.15, 0.2) is 30.3 Å². The first-order valence-electron chi connectivity index (χ1n) is 10.9. The molecule has 1 aromatic rings. The standard InChI is InChI=1S/C23H34N2O6/c1-15(2)13-18(23(3,29)22(28)25-30)20(26)24-19(14-16-9-5-4-6-10-16)21(27)31-17-11-7-8-12-17/h4-6,9-10,15,17-19,29-30H,7-8,11-14H2,1-3H3,(H,24,26)(H,25,28)/t18-,19?,23-/m0/s1. The van der Waals surface area contributed by atoms with Gasteiger partial charge in [-0.05, 0) is 50.5 Å². The van der Waals surface area contributed by atoms with Gasteiger partial charge < -0.3 is 15.2 Å². The highest BCUT2D eigenvalue weighted by molar-refractivity contribution is 5.93. The predicted octanol–water partition coefficient (Wildman–Crippen LogP) is 2.12. The van der Waals surface area contributed by atoms with E-state index in [1.165, 1.54) is 12.4 Å². The van der Waals surface area contributed by atoms with Crippen LogP contribution in [0.1, 0.15) is 58.4 Å². The van der Waals surface area contributed by atoms with E-state index < -0.39 is 35.3 Å². The lowest BCUT2D eigenvalue weighted by atomic mass is 9.81. The van der Waals surface area contributed by atoms with E-state index in [9.17, 15) is 19.5 Å². The van der Waals surface area contributed by atoms with Crippen molar-refractivity contribution in [2.24, 2.45) is 11.8 Å². The number of carbonyl (C=O) groups is 3. The van der Waals surface area contributed by atoms with Gasteiger partial charge in [0.1, 0.15) is 12.1 Å². The van der Waals surface area contributed by atoms with Crippen LogP contribution in [-0.4, -0.2) is 45.8 Å². The molecule has 1 unspecified atom stereocenters. The van der Waals surface area contributed by atoms with Crippen molar-refractivity contribution in [3.63, 3.8) is 0 Å². The molecule has 2 amide bonds. The second-order valence-corrected chi connectivity index (χ2v) is 8.86. The Balaban J connectivity index is 2.23. The van der Waals surface area contributed by atoms with Crippen molar-refractivity contribution in [2.75, 3.05) is 0 Å². The van der Waals surface area contributed by atoms with Crippen LogP contribution in [0.2, 0.25) is 0 Å². The molecule has 1 aromatic carbocycles. The fourth-order valence-electron chi connectivity index (χ4n) is 3.90. The molecule has 0 radical (unpaired) electrons. The van der Waals surface area contributed by atoms with Crippen molar-refractivity contribution in [2.45, 2.75) is 77.0 Å². The van der Waals surface area contributed by atoms with Gasteiger partial charge in [-0.3, -0.25) is 14.8 Å². The largest absolute Gasteiger partial charge is 0.461 e. The van der Waals surface area contributed by atoms with Crippen LogP contribution in [0.3, 0.4) is 0 Å². The van der Waals surface area contributed by atoms with E-state index in [-0.39, 0.29) is 24.9 Å². The maximum Gasteiger partial charge on any atom is 0.329 e. The Bertz CT molecular complexity index is 744. The topological polar surface area (TPSA) is 125 Å². The maximum atomic E-state index is 13.1. The fraction of sp³-hybridized carbons (Fsp3) is 0.609. The first-order valence-corrected chi connectivity index (χ1v) is 10.9. The van der Waals surface area contributed by atoms with Crippen LogP contribution in [-0.2, 0) is 25.5 Å². The number of benzene rings is 1. The van der Waals surface area contributed by atoms with Crippen LogP contribution in [0.4, 0.5) is 0 Å². The van der Waals surface area contributed by atoms with E-state index in [2.05, 4.69) is 5.32 Å². The Morgan fingerprint density at radius 3 is 2.32 bits per heavy atom. The van der Waals surface area contributed by atoms with Gasteiger partial charge in [0.2, 0.25) is 5.91 Å². The third-order valence-corrected chi connectivity index (χ3v) is 5.73. The molecule has 1 aliphatic carbocycles. The minimum Gasteiger partial charge on any atom is -0.461 e. The molecule has 4 N–H and O–H groups in total. The number of rotatable bonds is 10. The van der Waals surface area contributed by atoms with E-state index in [0.717, 1.165) is 31.2 Å². The number of ether oxygens (including phenoxy) is 1. The Morgan fingerprint density at radius 2 is 1.77 bits per heavy atom. The van der Waals surface area contributed by atoms with E-state index in [0.29, 0.717) is 0 Å². The number of amides is 2. The van der Waals surface area contributed by atoms with Crippen molar-refractivity contribution in [3.8, 4) is 0 Å². The molecule has 1 fully saturated rings. The van der Waals surface area contributed by atoms with E-state index >= 15 is 0 Å². The highest BCUT2D eigenvalue weighted by atomic mass is 16.5. The van der Waals surface area contributed by atoms with Gasteiger partial charge in [-0.25, -0.2) is 10.3 Å². The summed E-state index contributed by atoms with van der Waals surface area (Å²) in [5.74, 6) is -3.45. The SMILES string of the molecule is CC(C)C[C@@H](C(=O)NC(Cc1ccccc1)C(=O)OC1CCCC1)[C@](C)(O)C(=O)NO. The Hall–Kier alpha value is -2.45. The van der Waals surface area contributed by atoms with Crippen LogP contribution in [0.5, 0.6) is 0 Å². The van der Waals surface area contributed by atoms with Gasteiger partial charge in [0.15, 0.2) is 5.60 Å². The van der Waals surface area contributed by atoms with Crippen molar-refractivity contribution < 1.29 is 29.4 Å². The van der Waals surface area contributed by atoms with Crippen molar-refractivity contribution in [1.82, 2.24) is 10.8 Å². The number of carbonyl (C=O) groups excluding carboxylic acids is 3. The summed E-state index contributed by atoms with van der Waals surface area (Å²) in [7, 11) is 0. The molecule has 31 heavy (non-hydrogen) atoms. The smallest absolute Gasteiger partial charge is 0.329 e. The summed E-state index contributed by atoms with van der Waals surface area (Å²) in [6.07, 6.45) is 3.87. The van der Waals surface area contributed by atoms with E-state index in [1.807, 2.05) is 44.2 Å². The number of hydrogen-bond donors (Lipinski definition) is 4. The highest BCUT2D eigenvalue weighted by Crippen LogP contribution is 2.26. The summed E-state index contributed by atoms with van der Waals surface area (Å²) in [6, 6.07) is 8.28. The molecule has 0 bridgehead atoms. The minimum atomic E-state index is -2.16. The molecule has 2 rings (SSSR count). The molecule has 1 aliphatic rings. The molecular formula is C23H34N2O6. The molecule has 1 saturated carbocycles. The van der Waals surface area contributed by atoms with Crippen LogP contribution in [0, 0.1) is 11.8 Å². The Morgan fingerprint density at radius 1 is 1.16 bits per heavy atom. The minimum absolute atomic E-state index is 0.0215. The highest BCUT2D eigenvalue weighted by Gasteiger charge is 2.45. The third-order valence-electron chi connectivity index (χ3n) is 5.73. The van der Waals surface area contributed by atoms with Gasteiger partial charge in [0.05, 0.1) is 5.92 Å². The van der Waals surface area contributed by atoms with Crippen LogP contribution >= 0.6 is 0 Å². The van der Waals surface area contributed by atoms with Crippen LogP contribution in [0.25, 0.3) is 0 Å². The summed E-state index contributed by atoms with van der Waals surface area (Å²) in [5, 5.41) is 22.4. The first kappa shape index (κ1) is 24.8. The number of nitrogens with one attached hydrogen (secondary N) is 2. The second-order valence-electron chi connectivity index (χ2n) is 8.86. The first-order chi connectivity index (χ1) is 14.6. The van der Waals surface area contributed by atoms with Gasteiger partial charge in [-0.2, -0.15) is 0 Å². The normalized spacial score (nSPS) is 18.1. The zero-order valence-corrected chi connectivity index (χ0v) is 18.5. The predicted molar refractivity (Wildman–Crippen MR) is 114 cm³/mol. The molecule has 0 aromatic heterocycles. The van der Waals surface area contributed by atoms with Crippen molar-refractivity contribution in [3.05, 3.63) is 35.9 Å². The fourth-order valence-corrected chi connectivity index (χ4v) is 3.90.